The zero-order valence-electron chi connectivity index (χ0n) is 11.7. The van der Waals surface area contributed by atoms with Gasteiger partial charge in [0.15, 0.2) is 5.96 Å². The molecule has 0 aliphatic carbocycles. The van der Waals surface area contributed by atoms with Gasteiger partial charge in [-0.3, -0.25) is 9.67 Å². The van der Waals surface area contributed by atoms with Crippen molar-refractivity contribution < 1.29 is 4.74 Å². The summed E-state index contributed by atoms with van der Waals surface area (Å²) in [5.41, 5.74) is 1.12. The topological polar surface area (TPSA) is 54.7 Å². The van der Waals surface area contributed by atoms with Gasteiger partial charge in [-0.25, -0.2) is 0 Å². The number of morpholine rings is 1. The number of aliphatic imine (C=N–C) groups is 1. The minimum Gasteiger partial charge on any atom is -0.370 e. The zero-order valence-corrected chi connectivity index (χ0v) is 14.0. The highest BCUT2D eigenvalue weighted by molar-refractivity contribution is 14.0. The molecule has 1 N–H and O–H groups in total. The maximum atomic E-state index is 5.80. The molecule has 1 saturated heterocycles. The molecular formula is C12H22IN5O. The van der Waals surface area contributed by atoms with Crippen LogP contribution in [0.25, 0.3) is 0 Å². The van der Waals surface area contributed by atoms with Crippen molar-refractivity contribution >= 4 is 29.9 Å². The highest BCUT2D eigenvalue weighted by Crippen LogP contribution is 2.21. The molecule has 0 spiro atoms. The summed E-state index contributed by atoms with van der Waals surface area (Å²) in [5, 5.41) is 7.47. The molecule has 6 nitrogen and oxygen atoms in total. The average Bonchev–Trinajstić information content (AvgIpc) is 2.83. The van der Waals surface area contributed by atoms with Gasteiger partial charge in [-0.05, 0) is 6.92 Å². The van der Waals surface area contributed by atoms with E-state index >= 15 is 0 Å². The summed E-state index contributed by atoms with van der Waals surface area (Å²) in [4.78, 5) is 6.52. The third kappa shape index (κ3) is 4.07. The van der Waals surface area contributed by atoms with E-state index < -0.39 is 0 Å². The van der Waals surface area contributed by atoms with Crippen molar-refractivity contribution in [3.05, 3.63) is 18.0 Å². The van der Waals surface area contributed by atoms with Gasteiger partial charge >= 0.3 is 0 Å². The Labute approximate surface area is 131 Å². The molecule has 1 fully saturated rings. The van der Waals surface area contributed by atoms with Crippen LogP contribution >= 0.6 is 24.0 Å². The lowest BCUT2D eigenvalue weighted by atomic mass is 10.1. The van der Waals surface area contributed by atoms with E-state index in [4.69, 9.17) is 4.74 Å². The van der Waals surface area contributed by atoms with Crippen LogP contribution in [0.15, 0.2) is 17.4 Å². The number of hydrogen-bond donors (Lipinski definition) is 1. The fourth-order valence-corrected chi connectivity index (χ4v) is 2.14. The number of aryl methyl sites for hydroxylation is 1. The number of nitrogens with zero attached hydrogens (tertiary/aromatic N) is 4. The van der Waals surface area contributed by atoms with Gasteiger partial charge in [0.25, 0.3) is 0 Å². The van der Waals surface area contributed by atoms with Crippen LogP contribution in [0.2, 0.25) is 0 Å². The monoisotopic (exact) mass is 379 g/mol. The summed E-state index contributed by atoms with van der Waals surface area (Å²) in [6.45, 7) is 5.34. The lowest BCUT2D eigenvalue weighted by Gasteiger charge is -2.34. The summed E-state index contributed by atoms with van der Waals surface area (Å²) in [7, 11) is 3.73. The average molecular weight is 379 g/mol. The third-order valence-corrected chi connectivity index (χ3v) is 3.01. The van der Waals surface area contributed by atoms with Crippen molar-refractivity contribution in [3.8, 4) is 0 Å². The van der Waals surface area contributed by atoms with Crippen LogP contribution in [0, 0.1) is 0 Å². The number of rotatable bonds is 2. The third-order valence-electron chi connectivity index (χ3n) is 3.01. The van der Waals surface area contributed by atoms with E-state index in [9.17, 15) is 0 Å². The number of nitrogens with one attached hydrogen (secondary N) is 1. The molecule has 1 aromatic rings. The first-order valence-corrected chi connectivity index (χ1v) is 6.30. The van der Waals surface area contributed by atoms with Gasteiger partial charge in [-0.15, -0.1) is 24.0 Å². The quantitative estimate of drug-likeness (QED) is 0.474. The molecule has 2 heterocycles. The molecule has 0 amide bonds. The molecule has 7 heteroatoms. The van der Waals surface area contributed by atoms with Crippen molar-refractivity contribution in [1.82, 2.24) is 20.0 Å². The van der Waals surface area contributed by atoms with E-state index in [2.05, 4.69) is 27.2 Å². The second-order valence-electron chi connectivity index (χ2n) is 4.33. The highest BCUT2D eigenvalue weighted by Gasteiger charge is 2.24. The molecule has 19 heavy (non-hydrogen) atoms. The van der Waals surface area contributed by atoms with Gasteiger partial charge in [0.1, 0.15) is 6.10 Å². The fraction of sp³-hybridized carbons (Fsp3) is 0.667. The smallest absolute Gasteiger partial charge is 0.193 e. The van der Waals surface area contributed by atoms with Crippen LogP contribution in [-0.2, 0) is 11.8 Å². The lowest BCUT2D eigenvalue weighted by Crippen LogP contribution is -2.48. The molecule has 2 rings (SSSR count). The van der Waals surface area contributed by atoms with Gasteiger partial charge in [-0.2, -0.15) is 5.10 Å². The van der Waals surface area contributed by atoms with Gasteiger partial charge in [-0.1, -0.05) is 0 Å². The van der Waals surface area contributed by atoms with E-state index in [1.54, 1.807) is 4.68 Å². The summed E-state index contributed by atoms with van der Waals surface area (Å²) in [5.74, 6) is 0.940. The van der Waals surface area contributed by atoms with Crippen molar-refractivity contribution in [2.24, 2.45) is 12.0 Å². The highest BCUT2D eigenvalue weighted by atomic mass is 127. The Kier molecular flexibility index (Phi) is 6.56. The first kappa shape index (κ1) is 16.2. The predicted molar refractivity (Wildman–Crippen MR) is 85.9 cm³/mol. The van der Waals surface area contributed by atoms with Crippen molar-refractivity contribution in [2.75, 3.05) is 33.3 Å². The van der Waals surface area contributed by atoms with E-state index in [1.807, 2.05) is 26.5 Å². The van der Waals surface area contributed by atoms with Gasteiger partial charge < -0.3 is 15.0 Å². The van der Waals surface area contributed by atoms with Gasteiger partial charge in [0.05, 0.1) is 19.3 Å². The summed E-state index contributed by atoms with van der Waals surface area (Å²) >= 11 is 0. The molecule has 0 bridgehead atoms. The molecule has 0 saturated carbocycles. The standard InChI is InChI=1S/C12H21N5O.HI/c1-4-14-12(13-2)17-5-6-18-11(9-17)10-7-15-16(3)8-10;/h7-8,11H,4-6,9H2,1-3H3,(H,13,14);1H. The number of aromatic nitrogens is 2. The number of ether oxygens (including phenoxy) is 1. The molecule has 108 valence electrons. The van der Waals surface area contributed by atoms with Crippen molar-refractivity contribution in [3.63, 3.8) is 0 Å². The molecule has 1 aliphatic rings. The first-order valence-electron chi connectivity index (χ1n) is 6.30. The molecule has 0 aromatic carbocycles. The van der Waals surface area contributed by atoms with Crippen LogP contribution in [0.5, 0.6) is 0 Å². The minimum atomic E-state index is 0. The Morgan fingerprint density at radius 3 is 3.00 bits per heavy atom. The molecule has 1 unspecified atom stereocenters. The Hall–Kier alpha value is -0.830. The Bertz CT molecular complexity index is 420. The summed E-state index contributed by atoms with van der Waals surface area (Å²) in [6, 6.07) is 0. The Morgan fingerprint density at radius 1 is 1.63 bits per heavy atom. The Morgan fingerprint density at radius 2 is 2.42 bits per heavy atom. The first-order chi connectivity index (χ1) is 8.74. The number of guanidine groups is 1. The van der Waals surface area contributed by atoms with Crippen LogP contribution in [0.4, 0.5) is 0 Å². The molecule has 1 aliphatic heterocycles. The van der Waals surface area contributed by atoms with E-state index in [0.717, 1.165) is 31.2 Å². The molecule has 1 aromatic heterocycles. The SMILES string of the molecule is CCNC(=NC)N1CCOC(c2cnn(C)c2)C1.I. The van der Waals surface area contributed by atoms with Crippen LogP contribution in [0.1, 0.15) is 18.6 Å². The van der Waals surface area contributed by atoms with E-state index in [1.165, 1.54) is 0 Å². The number of hydrogen-bond acceptors (Lipinski definition) is 3. The second-order valence-corrected chi connectivity index (χ2v) is 4.33. The maximum absolute atomic E-state index is 5.80. The Balaban J connectivity index is 0.00000180. The summed E-state index contributed by atoms with van der Waals surface area (Å²) in [6.07, 6.45) is 3.94. The van der Waals surface area contributed by atoms with E-state index in [-0.39, 0.29) is 30.1 Å². The largest absolute Gasteiger partial charge is 0.370 e. The molecular weight excluding hydrogens is 357 g/mol. The van der Waals surface area contributed by atoms with Gasteiger partial charge in [0, 0.05) is 38.9 Å². The summed E-state index contributed by atoms with van der Waals surface area (Å²) < 4.78 is 7.60. The van der Waals surface area contributed by atoms with Crippen molar-refractivity contribution in [1.29, 1.82) is 0 Å². The lowest BCUT2D eigenvalue weighted by molar-refractivity contribution is -0.00799. The normalized spacial score (nSPS) is 20.1. The van der Waals surface area contributed by atoms with Crippen LogP contribution in [0.3, 0.4) is 0 Å². The maximum Gasteiger partial charge on any atom is 0.193 e. The second kappa shape index (κ2) is 7.68. The van der Waals surface area contributed by atoms with Crippen molar-refractivity contribution in [2.45, 2.75) is 13.0 Å². The number of halogens is 1. The van der Waals surface area contributed by atoms with Crippen LogP contribution < -0.4 is 5.32 Å². The van der Waals surface area contributed by atoms with Gasteiger partial charge in [0.2, 0.25) is 0 Å². The molecule has 0 radical (unpaired) electrons. The van der Waals surface area contributed by atoms with Crippen LogP contribution in [-0.4, -0.2) is 53.9 Å². The zero-order chi connectivity index (χ0) is 13.0. The molecule has 1 atom stereocenters. The predicted octanol–water partition coefficient (Wildman–Crippen LogP) is 1.01. The fourth-order valence-electron chi connectivity index (χ4n) is 2.14. The minimum absolute atomic E-state index is 0. The van der Waals surface area contributed by atoms with E-state index in [0.29, 0.717) is 6.61 Å².